The van der Waals surface area contributed by atoms with Gasteiger partial charge in [-0.25, -0.2) is 0 Å². The first-order valence-corrected chi connectivity index (χ1v) is 4.25. The Morgan fingerprint density at radius 3 is 3.31 bits per heavy atom. The van der Waals surface area contributed by atoms with E-state index in [9.17, 15) is 4.79 Å². The zero-order valence-corrected chi connectivity index (χ0v) is 7.45. The fourth-order valence-corrected chi connectivity index (χ4v) is 1.51. The number of hydrogen-bond donors (Lipinski definition) is 1. The summed E-state index contributed by atoms with van der Waals surface area (Å²) >= 11 is 0. The third-order valence-electron chi connectivity index (χ3n) is 2.12. The Morgan fingerprint density at radius 1 is 1.69 bits per heavy atom. The molecule has 0 radical (unpaired) electrons. The first-order chi connectivity index (χ1) is 6.29. The van der Waals surface area contributed by atoms with Gasteiger partial charge in [-0.2, -0.15) is 0 Å². The molecule has 1 amide bonds. The number of nitrogens with zero attached hydrogens (tertiary/aromatic N) is 2. The predicted molar refractivity (Wildman–Crippen MR) is 50.8 cm³/mol. The number of carbonyl (C=O) groups is 1. The Kier molecular flexibility index (Phi) is 1.88. The molecule has 1 aliphatic rings. The minimum Gasteiger partial charge on any atom is -0.380 e. The number of pyridine rings is 1. The molecule has 1 aromatic heterocycles. The number of hydrogen-bond acceptors (Lipinski definition) is 3. The zero-order chi connectivity index (χ0) is 9.26. The standard InChI is InChI=1S/C9H11N3O/c1-7(13)12-5-4-11-8-6-10-3-2-9(8)12/h2-3,6,11H,4-5H2,1H3. The van der Waals surface area contributed by atoms with Crippen LogP contribution in [0.3, 0.4) is 0 Å². The van der Waals surface area contributed by atoms with Crippen molar-refractivity contribution in [3.05, 3.63) is 18.5 Å². The van der Waals surface area contributed by atoms with E-state index in [0.29, 0.717) is 0 Å². The van der Waals surface area contributed by atoms with E-state index < -0.39 is 0 Å². The summed E-state index contributed by atoms with van der Waals surface area (Å²) in [4.78, 5) is 17.0. The molecule has 4 nitrogen and oxygen atoms in total. The second-order valence-corrected chi connectivity index (χ2v) is 2.99. The number of amides is 1. The van der Waals surface area contributed by atoms with Crippen LogP contribution in [-0.2, 0) is 4.79 Å². The van der Waals surface area contributed by atoms with E-state index >= 15 is 0 Å². The van der Waals surface area contributed by atoms with Crippen LogP contribution in [0.5, 0.6) is 0 Å². The van der Waals surface area contributed by atoms with Crippen LogP contribution < -0.4 is 10.2 Å². The van der Waals surface area contributed by atoms with E-state index in [-0.39, 0.29) is 5.91 Å². The van der Waals surface area contributed by atoms with E-state index in [4.69, 9.17) is 0 Å². The molecule has 13 heavy (non-hydrogen) atoms. The predicted octanol–water partition coefficient (Wildman–Crippen LogP) is 0.860. The summed E-state index contributed by atoms with van der Waals surface area (Å²) in [6.07, 6.45) is 3.44. The van der Waals surface area contributed by atoms with Gasteiger partial charge in [0.25, 0.3) is 0 Å². The fraction of sp³-hybridized carbons (Fsp3) is 0.333. The molecule has 1 N–H and O–H groups in total. The fourth-order valence-electron chi connectivity index (χ4n) is 1.51. The highest BCUT2D eigenvalue weighted by atomic mass is 16.2. The van der Waals surface area contributed by atoms with Gasteiger partial charge in [-0.3, -0.25) is 9.78 Å². The second-order valence-electron chi connectivity index (χ2n) is 2.99. The number of aromatic nitrogens is 1. The molecule has 68 valence electrons. The Bertz CT molecular complexity index is 337. The SMILES string of the molecule is CC(=O)N1CCNc2cnccc21. The Balaban J connectivity index is 2.42. The van der Waals surface area contributed by atoms with Gasteiger partial charge in [0, 0.05) is 26.2 Å². The molecule has 1 aromatic rings. The number of anilines is 2. The lowest BCUT2D eigenvalue weighted by Gasteiger charge is -2.28. The molecule has 0 unspecified atom stereocenters. The summed E-state index contributed by atoms with van der Waals surface area (Å²) in [6, 6.07) is 1.85. The summed E-state index contributed by atoms with van der Waals surface area (Å²) in [5.74, 6) is 0.0777. The normalized spacial score (nSPS) is 14.7. The molecule has 1 aliphatic heterocycles. The van der Waals surface area contributed by atoms with Gasteiger partial charge in [0.2, 0.25) is 5.91 Å². The summed E-state index contributed by atoms with van der Waals surface area (Å²) in [5, 5.41) is 3.19. The molecule has 0 saturated heterocycles. The van der Waals surface area contributed by atoms with Gasteiger partial charge in [0.1, 0.15) is 0 Å². The van der Waals surface area contributed by atoms with Gasteiger partial charge in [0.15, 0.2) is 0 Å². The maximum absolute atomic E-state index is 11.2. The molecule has 0 aromatic carbocycles. The summed E-state index contributed by atoms with van der Waals surface area (Å²) in [6.45, 7) is 3.10. The van der Waals surface area contributed by atoms with E-state index in [2.05, 4.69) is 10.3 Å². The number of nitrogens with one attached hydrogen (secondary N) is 1. The highest BCUT2D eigenvalue weighted by molar-refractivity contribution is 5.95. The molecule has 0 bridgehead atoms. The van der Waals surface area contributed by atoms with Gasteiger partial charge < -0.3 is 10.2 Å². The smallest absolute Gasteiger partial charge is 0.223 e. The number of rotatable bonds is 0. The minimum atomic E-state index is 0.0777. The van der Waals surface area contributed by atoms with Crippen LogP contribution in [0.25, 0.3) is 0 Å². The van der Waals surface area contributed by atoms with Crippen LogP contribution in [0, 0.1) is 0 Å². The molecule has 0 saturated carbocycles. The van der Waals surface area contributed by atoms with Gasteiger partial charge in [-0.1, -0.05) is 0 Å². The van der Waals surface area contributed by atoms with E-state index in [1.54, 1.807) is 24.2 Å². The Hall–Kier alpha value is -1.58. The van der Waals surface area contributed by atoms with Crippen molar-refractivity contribution < 1.29 is 4.79 Å². The molecule has 2 rings (SSSR count). The van der Waals surface area contributed by atoms with Crippen molar-refractivity contribution in [3.8, 4) is 0 Å². The van der Waals surface area contributed by atoms with E-state index in [1.807, 2.05) is 6.07 Å². The lowest BCUT2D eigenvalue weighted by molar-refractivity contribution is -0.116. The monoisotopic (exact) mass is 177 g/mol. The van der Waals surface area contributed by atoms with Crippen LogP contribution in [0.15, 0.2) is 18.5 Å². The average molecular weight is 177 g/mol. The van der Waals surface area contributed by atoms with Crippen molar-refractivity contribution in [2.75, 3.05) is 23.3 Å². The molecule has 0 aliphatic carbocycles. The average Bonchev–Trinajstić information content (AvgIpc) is 2.17. The molecule has 0 spiro atoms. The molecular formula is C9H11N3O. The van der Waals surface area contributed by atoms with Crippen molar-refractivity contribution >= 4 is 17.3 Å². The summed E-state index contributed by atoms with van der Waals surface area (Å²) in [5.41, 5.74) is 1.86. The summed E-state index contributed by atoms with van der Waals surface area (Å²) in [7, 11) is 0. The van der Waals surface area contributed by atoms with Crippen LogP contribution in [0.1, 0.15) is 6.92 Å². The topological polar surface area (TPSA) is 45.2 Å². The van der Waals surface area contributed by atoms with Crippen LogP contribution >= 0.6 is 0 Å². The van der Waals surface area contributed by atoms with Crippen molar-refractivity contribution in [1.29, 1.82) is 0 Å². The van der Waals surface area contributed by atoms with Crippen LogP contribution in [-0.4, -0.2) is 24.0 Å². The number of carbonyl (C=O) groups excluding carboxylic acids is 1. The lowest BCUT2D eigenvalue weighted by Crippen LogP contribution is -2.37. The van der Waals surface area contributed by atoms with Gasteiger partial charge >= 0.3 is 0 Å². The van der Waals surface area contributed by atoms with Crippen LogP contribution in [0.4, 0.5) is 11.4 Å². The number of fused-ring (bicyclic) bond motifs is 1. The van der Waals surface area contributed by atoms with Gasteiger partial charge in [-0.05, 0) is 6.07 Å². The van der Waals surface area contributed by atoms with Gasteiger partial charge in [-0.15, -0.1) is 0 Å². The first-order valence-electron chi connectivity index (χ1n) is 4.25. The maximum atomic E-state index is 11.2. The zero-order valence-electron chi connectivity index (χ0n) is 7.45. The molecule has 4 heteroatoms. The van der Waals surface area contributed by atoms with Crippen molar-refractivity contribution in [2.24, 2.45) is 0 Å². The molecule has 0 fully saturated rings. The highest BCUT2D eigenvalue weighted by Gasteiger charge is 2.18. The molecule has 2 heterocycles. The minimum absolute atomic E-state index is 0.0777. The maximum Gasteiger partial charge on any atom is 0.223 e. The largest absolute Gasteiger partial charge is 0.380 e. The van der Waals surface area contributed by atoms with E-state index in [1.165, 1.54) is 0 Å². The summed E-state index contributed by atoms with van der Waals surface area (Å²) < 4.78 is 0. The van der Waals surface area contributed by atoms with Crippen molar-refractivity contribution in [3.63, 3.8) is 0 Å². The molecule has 0 atom stereocenters. The Labute approximate surface area is 76.6 Å². The lowest BCUT2D eigenvalue weighted by atomic mass is 10.2. The van der Waals surface area contributed by atoms with Crippen molar-refractivity contribution in [1.82, 2.24) is 4.98 Å². The van der Waals surface area contributed by atoms with Crippen LogP contribution in [0.2, 0.25) is 0 Å². The first kappa shape index (κ1) is 8.04. The highest BCUT2D eigenvalue weighted by Crippen LogP contribution is 2.26. The second kappa shape index (κ2) is 3.05. The third-order valence-corrected chi connectivity index (χ3v) is 2.12. The van der Waals surface area contributed by atoms with E-state index in [0.717, 1.165) is 24.5 Å². The quantitative estimate of drug-likeness (QED) is 0.639. The van der Waals surface area contributed by atoms with Crippen molar-refractivity contribution in [2.45, 2.75) is 6.92 Å². The Morgan fingerprint density at radius 2 is 2.54 bits per heavy atom. The molecular weight excluding hydrogens is 166 g/mol. The third kappa shape index (κ3) is 1.35. The van der Waals surface area contributed by atoms with Gasteiger partial charge in [0.05, 0.1) is 17.6 Å².